The fourth-order valence-electron chi connectivity index (χ4n) is 2.74. The molecule has 0 unspecified atom stereocenters. The van der Waals surface area contributed by atoms with E-state index < -0.39 is 0 Å². The van der Waals surface area contributed by atoms with Gasteiger partial charge in [0.1, 0.15) is 11.5 Å². The van der Waals surface area contributed by atoms with Gasteiger partial charge in [0, 0.05) is 31.5 Å². The molecule has 0 amide bonds. The zero-order valence-corrected chi connectivity index (χ0v) is 14.6. The summed E-state index contributed by atoms with van der Waals surface area (Å²) in [7, 11) is 3.33. The van der Waals surface area contributed by atoms with Crippen LogP contribution in [0.3, 0.4) is 0 Å². The molecule has 0 fully saturated rings. The predicted molar refractivity (Wildman–Crippen MR) is 97.9 cm³/mol. The minimum Gasteiger partial charge on any atom is -0.497 e. The molecule has 1 N–H and O–H groups in total. The summed E-state index contributed by atoms with van der Waals surface area (Å²) >= 11 is 0. The van der Waals surface area contributed by atoms with Gasteiger partial charge >= 0.3 is 0 Å². The summed E-state index contributed by atoms with van der Waals surface area (Å²) in [5.41, 5.74) is 3.62. The van der Waals surface area contributed by atoms with E-state index in [1.54, 1.807) is 20.4 Å². The van der Waals surface area contributed by atoms with Crippen LogP contribution in [-0.4, -0.2) is 24.0 Å². The number of ether oxygens (including phenoxy) is 2. The Hall–Kier alpha value is -2.79. The standard InChI is InChI=1S/C20H23N3O2/c1-24-19-10-18(11-20(12-19)25-2)14-21-13-16-5-3-6-17(9-16)15-23-8-4-7-22-23/h3-12,21H,13-15H2,1-2H3. The monoisotopic (exact) mass is 337 g/mol. The molecular weight excluding hydrogens is 314 g/mol. The summed E-state index contributed by atoms with van der Waals surface area (Å²) in [6.07, 6.45) is 3.77. The topological polar surface area (TPSA) is 48.3 Å². The number of rotatable bonds is 8. The smallest absolute Gasteiger partial charge is 0.122 e. The Balaban J connectivity index is 1.58. The Labute approximate surface area is 148 Å². The van der Waals surface area contributed by atoms with Gasteiger partial charge in [0.2, 0.25) is 0 Å². The van der Waals surface area contributed by atoms with Gasteiger partial charge in [0.25, 0.3) is 0 Å². The van der Waals surface area contributed by atoms with Gasteiger partial charge in [-0.05, 0) is 34.9 Å². The van der Waals surface area contributed by atoms with Crippen LogP contribution in [-0.2, 0) is 19.6 Å². The third-order valence-corrected chi connectivity index (χ3v) is 3.96. The quantitative estimate of drug-likeness (QED) is 0.685. The lowest BCUT2D eigenvalue weighted by Crippen LogP contribution is -2.13. The Morgan fingerprint density at radius 2 is 1.60 bits per heavy atom. The van der Waals surface area contributed by atoms with Gasteiger partial charge in [-0.1, -0.05) is 24.3 Å². The molecule has 0 aliphatic rings. The molecule has 0 spiro atoms. The van der Waals surface area contributed by atoms with Crippen LogP contribution in [0, 0.1) is 0 Å². The van der Waals surface area contributed by atoms with Gasteiger partial charge in [-0.3, -0.25) is 4.68 Å². The normalized spacial score (nSPS) is 10.6. The second kappa shape index (κ2) is 8.35. The summed E-state index contributed by atoms with van der Waals surface area (Å²) in [6.45, 7) is 2.33. The molecular formula is C20H23N3O2. The molecule has 130 valence electrons. The third-order valence-electron chi connectivity index (χ3n) is 3.96. The molecule has 0 radical (unpaired) electrons. The molecule has 3 rings (SSSR count). The van der Waals surface area contributed by atoms with Crippen molar-refractivity contribution in [2.75, 3.05) is 14.2 Å². The van der Waals surface area contributed by atoms with E-state index in [1.165, 1.54) is 11.1 Å². The average Bonchev–Trinajstić information content (AvgIpc) is 3.14. The van der Waals surface area contributed by atoms with Crippen molar-refractivity contribution in [2.24, 2.45) is 0 Å². The van der Waals surface area contributed by atoms with E-state index in [1.807, 2.05) is 35.1 Å². The first-order chi connectivity index (χ1) is 12.3. The van der Waals surface area contributed by atoms with E-state index in [0.29, 0.717) is 0 Å². The van der Waals surface area contributed by atoms with Crippen LogP contribution in [0.4, 0.5) is 0 Å². The predicted octanol–water partition coefficient (Wildman–Crippen LogP) is 3.24. The van der Waals surface area contributed by atoms with Crippen LogP contribution in [0.2, 0.25) is 0 Å². The molecule has 5 nitrogen and oxygen atoms in total. The van der Waals surface area contributed by atoms with Crippen LogP contribution in [0.15, 0.2) is 60.9 Å². The summed E-state index contributed by atoms with van der Waals surface area (Å²) in [4.78, 5) is 0. The lowest BCUT2D eigenvalue weighted by molar-refractivity contribution is 0.393. The van der Waals surface area contributed by atoms with Gasteiger partial charge in [0.05, 0.1) is 20.8 Å². The highest BCUT2D eigenvalue weighted by Crippen LogP contribution is 2.22. The third kappa shape index (κ3) is 4.84. The molecule has 3 aromatic rings. The fraction of sp³-hybridized carbons (Fsp3) is 0.250. The highest BCUT2D eigenvalue weighted by atomic mass is 16.5. The average molecular weight is 337 g/mol. The maximum atomic E-state index is 5.31. The zero-order valence-electron chi connectivity index (χ0n) is 14.6. The maximum Gasteiger partial charge on any atom is 0.122 e. The summed E-state index contributed by atoms with van der Waals surface area (Å²) in [6, 6.07) is 16.4. The molecule has 0 atom stereocenters. The number of nitrogens with zero attached hydrogens (tertiary/aromatic N) is 2. The zero-order chi connectivity index (χ0) is 17.5. The lowest BCUT2D eigenvalue weighted by Gasteiger charge is -2.10. The van der Waals surface area contributed by atoms with Crippen molar-refractivity contribution in [2.45, 2.75) is 19.6 Å². The first-order valence-corrected chi connectivity index (χ1v) is 8.25. The van der Waals surface area contributed by atoms with E-state index in [4.69, 9.17) is 9.47 Å². The van der Waals surface area contributed by atoms with Gasteiger partial charge in [-0.25, -0.2) is 0 Å². The molecule has 0 aliphatic carbocycles. The van der Waals surface area contributed by atoms with E-state index in [-0.39, 0.29) is 0 Å². The molecule has 0 saturated heterocycles. The molecule has 0 saturated carbocycles. The van der Waals surface area contributed by atoms with Crippen molar-refractivity contribution in [3.8, 4) is 11.5 Å². The van der Waals surface area contributed by atoms with Crippen LogP contribution < -0.4 is 14.8 Å². The minimum atomic E-state index is 0.747. The molecule has 25 heavy (non-hydrogen) atoms. The van der Waals surface area contributed by atoms with Crippen molar-refractivity contribution >= 4 is 0 Å². The molecule has 5 heteroatoms. The maximum absolute atomic E-state index is 5.31. The number of hydrogen-bond acceptors (Lipinski definition) is 4. The highest BCUT2D eigenvalue weighted by Gasteiger charge is 2.03. The Bertz CT molecular complexity index is 778. The van der Waals surface area contributed by atoms with Gasteiger partial charge in [-0.15, -0.1) is 0 Å². The van der Waals surface area contributed by atoms with Crippen molar-refractivity contribution in [1.29, 1.82) is 0 Å². The molecule has 1 aromatic heterocycles. The summed E-state index contributed by atoms with van der Waals surface area (Å²) in [5, 5.41) is 7.73. The number of benzene rings is 2. The van der Waals surface area contributed by atoms with E-state index in [0.717, 1.165) is 36.7 Å². The highest BCUT2D eigenvalue weighted by molar-refractivity contribution is 5.38. The Kier molecular flexibility index (Phi) is 5.69. The van der Waals surface area contributed by atoms with Crippen LogP contribution in [0.1, 0.15) is 16.7 Å². The van der Waals surface area contributed by atoms with Crippen LogP contribution >= 0.6 is 0 Å². The Morgan fingerprint density at radius 1 is 0.880 bits per heavy atom. The lowest BCUT2D eigenvalue weighted by atomic mass is 10.1. The second-order valence-corrected chi connectivity index (χ2v) is 5.85. The van der Waals surface area contributed by atoms with Crippen LogP contribution in [0.25, 0.3) is 0 Å². The first kappa shape index (κ1) is 17.0. The SMILES string of the molecule is COc1cc(CNCc2cccc(Cn3cccn3)c2)cc(OC)c1. The van der Waals surface area contributed by atoms with E-state index in [2.05, 4.69) is 34.7 Å². The minimum absolute atomic E-state index is 0.747. The summed E-state index contributed by atoms with van der Waals surface area (Å²) in [5.74, 6) is 1.61. The van der Waals surface area contributed by atoms with Gasteiger partial charge in [0.15, 0.2) is 0 Å². The van der Waals surface area contributed by atoms with Gasteiger partial charge in [-0.2, -0.15) is 5.10 Å². The number of nitrogens with one attached hydrogen (secondary N) is 1. The molecule has 1 heterocycles. The fourth-order valence-corrected chi connectivity index (χ4v) is 2.74. The van der Waals surface area contributed by atoms with Gasteiger partial charge < -0.3 is 14.8 Å². The molecule has 2 aromatic carbocycles. The van der Waals surface area contributed by atoms with Crippen molar-refractivity contribution in [1.82, 2.24) is 15.1 Å². The molecule has 0 aliphatic heterocycles. The first-order valence-electron chi connectivity index (χ1n) is 8.25. The molecule has 0 bridgehead atoms. The number of methoxy groups -OCH3 is 2. The van der Waals surface area contributed by atoms with Crippen LogP contribution in [0.5, 0.6) is 11.5 Å². The van der Waals surface area contributed by atoms with E-state index in [9.17, 15) is 0 Å². The second-order valence-electron chi connectivity index (χ2n) is 5.85. The van der Waals surface area contributed by atoms with Crippen molar-refractivity contribution < 1.29 is 9.47 Å². The number of aromatic nitrogens is 2. The Morgan fingerprint density at radius 3 is 2.28 bits per heavy atom. The largest absolute Gasteiger partial charge is 0.497 e. The van der Waals surface area contributed by atoms with Crippen molar-refractivity contribution in [3.63, 3.8) is 0 Å². The van der Waals surface area contributed by atoms with E-state index >= 15 is 0 Å². The summed E-state index contributed by atoms with van der Waals surface area (Å²) < 4.78 is 12.5. The van der Waals surface area contributed by atoms with Crippen molar-refractivity contribution in [3.05, 3.63) is 77.6 Å². The number of hydrogen-bond donors (Lipinski definition) is 1.